The Morgan fingerprint density at radius 2 is 1.96 bits per heavy atom. The highest BCUT2D eigenvalue weighted by molar-refractivity contribution is 7.11. The molecule has 24 heavy (non-hydrogen) atoms. The van der Waals surface area contributed by atoms with E-state index in [1.807, 2.05) is 6.92 Å². The van der Waals surface area contributed by atoms with Crippen molar-refractivity contribution in [1.29, 1.82) is 0 Å². The molecule has 2 amide bonds. The van der Waals surface area contributed by atoms with E-state index in [-0.39, 0.29) is 29.1 Å². The van der Waals surface area contributed by atoms with Crippen LogP contribution in [0.1, 0.15) is 32.8 Å². The Kier molecular flexibility index (Phi) is 6.14. The zero-order valence-corrected chi connectivity index (χ0v) is 14.5. The number of hydrogen-bond donors (Lipinski definition) is 2. The average Bonchev–Trinajstić information content (AvgIpc) is 3.10. The van der Waals surface area contributed by atoms with Crippen LogP contribution >= 0.6 is 11.3 Å². The number of carbonyl (C=O) groups is 2. The van der Waals surface area contributed by atoms with Crippen molar-refractivity contribution in [3.05, 3.63) is 39.8 Å². The topological polar surface area (TPSA) is 89.6 Å². The van der Waals surface area contributed by atoms with Crippen molar-refractivity contribution in [2.45, 2.75) is 13.5 Å². The lowest BCUT2D eigenvalue weighted by atomic mass is 10.2. The van der Waals surface area contributed by atoms with E-state index in [0.29, 0.717) is 18.0 Å². The van der Waals surface area contributed by atoms with Gasteiger partial charge in [0.25, 0.3) is 11.8 Å². The Bertz CT molecular complexity index is 730. The summed E-state index contributed by atoms with van der Waals surface area (Å²) in [5, 5.41) is 7.23. The fourth-order valence-corrected chi connectivity index (χ4v) is 2.72. The largest absolute Gasteiger partial charge is 0.497 e. The van der Waals surface area contributed by atoms with Crippen molar-refractivity contribution in [3.8, 4) is 11.5 Å². The average molecular weight is 349 g/mol. The summed E-state index contributed by atoms with van der Waals surface area (Å²) in [6.45, 7) is 2.59. The maximum atomic E-state index is 12.2. The van der Waals surface area contributed by atoms with Gasteiger partial charge >= 0.3 is 0 Å². The van der Waals surface area contributed by atoms with E-state index in [4.69, 9.17) is 9.47 Å². The van der Waals surface area contributed by atoms with Crippen LogP contribution in [0.2, 0.25) is 0 Å². The lowest BCUT2D eigenvalue weighted by molar-refractivity contribution is 0.0946. The first-order valence-corrected chi connectivity index (χ1v) is 8.19. The standard InChI is InChI=1S/C16H19N3O4S/c1-4-17-15(21)16-19-12(9-24-16)14(20)18-8-10-7-11(22-2)5-6-13(10)23-3/h5-7,9H,4,8H2,1-3H3,(H,17,21)(H,18,20). The van der Waals surface area contributed by atoms with Crippen LogP contribution in [0.25, 0.3) is 0 Å². The molecule has 8 heteroatoms. The van der Waals surface area contributed by atoms with Crippen LogP contribution in [0.15, 0.2) is 23.6 Å². The predicted molar refractivity (Wildman–Crippen MR) is 90.8 cm³/mol. The summed E-state index contributed by atoms with van der Waals surface area (Å²) in [5.41, 5.74) is 0.993. The number of ether oxygens (including phenoxy) is 2. The van der Waals surface area contributed by atoms with Crippen molar-refractivity contribution in [3.63, 3.8) is 0 Å². The third-order valence-electron chi connectivity index (χ3n) is 3.20. The Hall–Kier alpha value is -2.61. The summed E-state index contributed by atoms with van der Waals surface area (Å²) >= 11 is 1.13. The minimum atomic E-state index is -0.355. The molecule has 0 unspecified atom stereocenters. The Labute approximate surface area is 144 Å². The molecule has 0 fully saturated rings. The smallest absolute Gasteiger partial charge is 0.280 e. The molecule has 0 atom stereocenters. The molecule has 0 saturated heterocycles. The lowest BCUT2D eigenvalue weighted by Crippen LogP contribution is -2.25. The number of benzene rings is 1. The highest BCUT2D eigenvalue weighted by Gasteiger charge is 2.15. The fraction of sp³-hybridized carbons (Fsp3) is 0.312. The summed E-state index contributed by atoms with van der Waals surface area (Å²) in [7, 11) is 3.13. The zero-order chi connectivity index (χ0) is 17.5. The Morgan fingerprint density at radius 1 is 1.17 bits per heavy atom. The van der Waals surface area contributed by atoms with Gasteiger partial charge in [0.1, 0.15) is 17.2 Å². The molecule has 1 heterocycles. The lowest BCUT2D eigenvalue weighted by Gasteiger charge is -2.11. The number of methoxy groups -OCH3 is 2. The molecule has 128 valence electrons. The molecular formula is C16H19N3O4S. The number of aromatic nitrogens is 1. The molecule has 2 rings (SSSR count). The quantitative estimate of drug-likeness (QED) is 0.796. The van der Waals surface area contributed by atoms with Crippen molar-refractivity contribution in [2.75, 3.05) is 20.8 Å². The molecule has 0 radical (unpaired) electrons. The van der Waals surface area contributed by atoms with E-state index in [1.54, 1.807) is 37.8 Å². The van der Waals surface area contributed by atoms with Gasteiger partial charge in [-0.05, 0) is 25.1 Å². The first kappa shape index (κ1) is 17.7. The fourth-order valence-electron chi connectivity index (χ4n) is 2.00. The van der Waals surface area contributed by atoms with Gasteiger partial charge in [0.15, 0.2) is 5.01 Å². The molecule has 0 aliphatic rings. The van der Waals surface area contributed by atoms with Crippen LogP contribution in [0.3, 0.4) is 0 Å². The number of nitrogens with zero attached hydrogens (tertiary/aromatic N) is 1. The van der Waals surface area contributed by atoms with Crippen molar-refractivity contribution in [1.82, 2.24) is 15.6 Å². The van der Waals surface area contributed by atoms with Gasteiger partial charge in [0.05, 0.1) is 14.2 Å². The second kappa shape index (κ2) is 8.30. The highest BCUT2D eigenvalue weighted by Crippen LogP contribution is 2.23. The van der Waals surface area contributed by atoms with Crippen LogP contribution in [-0.4, -0.2) is 37.6 Å². The van der Waals surface area contributed by atoms with Crippen LogP contribution < -0.4 is 20.1 Å². The van der Waals surface area contributed by atoms with E-state index < -0.39 is 0 Å². The molecule has 2 N–H and O–H groups in total. The normalized spacial score (nSPS) is 10.1. The van der Waals surface area contributed by atoms with E-state index in [1.165, 1.54) is 0 Å². The zero-order valence-electron chi connectivity index (χ0n) is 13.7. The van der Waals surface area contributed by atoms with Crippen LogP contribution in [0.5, 0.6) is 11.5 Å². The summed E-state index contributed by atoms with van der Waals surface area (Å²) in [6.07, 6.45) is 0. The minimum Gasteiger partial charge on any atom is -0.497 e. The van der Waals surface area contributed by atoms with E-state index in [9.17, 15) is 9.59 Å². The summed E-state index contributed by atoms with van der Waals surface area (Å²) in [5.74, 6) is 0.687. The molecule has 0 aliphatic carbocycles. The molecular weight excluding hydrogens is 330 g/mol. The molecule has 0 bridgehead atoms. The number of thiazole rings is 1. The van der Waals surface area contributed by atoms with Gasteiger partial charge in [0, 0.05) is 24.0 Å². The van der Waals surface area contributed by atoms with E-state index in [0.717, 1.165) is 16.9 Å². The first-order valence-electron chi connectivity index (χ1n) is 7.31. The second-order valence-corrected chi connectivity index (χ2v) is 5.62. The molecule has 7 nitrogen and oxygen atoms in total. The van der Waals surface area contributed by atoms with Gasteiger partial charge in [-0.3, -0.25) is 9.59 Å². The minimum absolute atomic E-state index is 0.211. The molecule has 2 aromatic rings. The Balaban J connectivity index is 2.04. The summed E-state index contributed by atoms with van der Waals surface area (Å²) < 4.78 is 10.4. The van der Waals surface area contributed by atoms with Gasteiger partial charge in [-0.2, -0.15) is 0 Å². The second-order valence-electron chi connectivity index (χ2n) is 4.76. The monoisotopic (exact) mass is 349 g/mol. The van der Waals surface area contributed by atoms with Gasteiger partial charge in [-0.15, -0.1) is 11.3 Å². The number of hydrogen-bond acceptors (Lipinski definition) is 6. The Morgan fingerprint density at radius 3 is 2.62 bits per heavy atom. The summed E-state index contributed by atoms with van der Waals surface area (Å²) in [4.78, 5) is 27.9. The molecule has 0 spiro atoms. The number of rotatable bonds is 7. The number of carbonyl (C=O) groups excluding carboxylic acids is 2. The van der Waals surface area contributed by atoms with Crippen LogP contribution in [0, 0.1) is 0 Å². The van der Waals surface area contributed by atoms with Gasteiger partial charge < -0.3 is 20.1 Å². The number of amides is 2. The van der Waals surface area contributed by atoms with E-state index in [2.05, 4.69) is 15.6 Å². The molecule has 0 saturated carbocycles. The van der Waals surface area contributed by atoms with Gasteiger partial charge in [0.2, 0.25) is 0 Å². The molecule has 0 aliphatic heterocycles. The third kappa shape index (κ3) is 4.23. The van der Waals surface area contributed by atoms with Gasteiger partial charge in [-0.1, -0.05) is 0 Å². The SMILES string of the molecule is CCNC(=O)c1nc(C(=O)NCc2cc(OC)ccc2OC)cs1. The van der Waals surface area contributed by atoms with Crippen LogP contribution in [0.4, 0.5) is 0 Å². The number of nitrogens with one attached hydrogen (secondary N) is 2. The predicted octanol–water partition coefficient (Wildman–Crippen LogP) is 1.84. The first-order chi connectivity index (χ1) is 11.6. The molecule has 1 aromatic heterocycles. The van der Waals surface area contributed by atoms with Crippen LogP contribution in [-0.2, 0) is 6.54 Å². The van der Waals surface area contributed by atoms with E-state index >= 15 is 0 Å². The van der Waals surface area contributed by atoms with Crippen molar-refractivity contribution >= 4 is 23.2 Å². The van der Waals surface area contributed by atoms with Crippen molar-refractivity contribution in [2.24, 2.45) is 0 Å². The van der Waals surface area contributed by atoms with Gasteiger partial charge in [-0.25, -0.2) is 4.98 Å². The third-order valence-corrected chi connectivity index (χ3v) is 4.04. The van der Waals surface area contributed by atoms with Crippen molar-refractivity contribution < 1.29 is 19.1 Å². The highest BCUT2D eigenvalue weighted by atomic mass is 32.1. The maximum Gasteiger partial charge on any atom is 0.280 e. The maximum absolute atomic E-state index is 12.2. The molecule has 1 aromatic carbocycles. The summed E-state index contributed by atoms with van der Waals surface area (Å²) in [6, 6.07) is 5.35.